The number of benzene rings is 2. The molecule has 0 unspecified atom stereocenters. The molecule has 1 aliphatic heterocycles. The maximum atomic E-state index is 13.3. The third-order valence-corrected chi connectivity index (χ3v) is 4.55. The third-order valence-electron chi connectivity index (χ3n) is 4.55. The summed E-state index contributed by atoms with van der Waals surface area (Å²) in [7, 11) is 1.55. The Hall–Kier alpha value is -3.54. The number of rotatable bonds is 3. The lowest BCUT2D eigenvalue weighted by Gasteiger charge is -2.34. The molecule has 0 radical (unpaired) electrons. The molecule has 4 rings (SSSR count). The quantitative estimate of drug-likeness (QED) is 0.780. The van der Waals surface area contributed by atoms with Gasteiger partial charge in [-0.15, -0.1) is 0 Å². The van der Waals surface area contributed by atoms with E-state index < -0.39 is 6.10 Å². The van der Waals surface area contributed by atoms with Crippen LogP contribution in [0.15, 0.2) is 73.1 Å². The van der Waals surface area contributed by atoms with Crippen molar-refractivity contribution in [2.45, 2.75) is 6.10 Å². The minimum absolute atomic E-state index is 0.156. The normalized spacial score (nSPS) is 15.6. The topological polar surface area (TPSA) is 63.6 Å². The molecule has 0 aliphatic carbocycles. The van der Waals surface area contributed by atoms with E-state index >= 15 is 0 Å². The molecule has 0 bridgehead atoms. The molecule has 6 nitrogen and oxygen atoms in total. The van der Waals surface area contributed by atoms with Crippen LogP contribution >= 0.6 is 0 Å². The fourth-order valence-electron chi connectivity index (χ4n) is 3.19. The van der Waals surface area contributed by atoms with Gasteiger partial charge in [-0.3, -0.25) is 9.59 Å². The van der Waals surface area contributed by atoms with Gasteiger partial charge in [-0.25, -0.2) is 0 Å². The summed E-state index contributed by atoms with van der Waals surface area (Å²) in [6.45, 7) is 0.156. The number of nitrogens with zero attached hydrogens (tertiary/aromatic N) is 2. The number of carbonyl (C=O) groups excluding carboxylic acids is 2. The number of amides is 2. The second-order valence-corrected chi connectivity index (χ2v) is 6.24. The number of carbonyl (C=O) groups is 2. The smallest absolute Gasteiger partial charge is 0.262 e. The van der Waals surface area contributed by atoms with Gasteiger partial charge in [-0.1, -0.05) is 18.2 Å². The molecule has 1 atom stereocenters. The van der Waals surface area contributed by atoms with Crippen LogP contribution in [-0.2, 0) is 4.79 Å². The molecule has 1 aromatic heterocycles. The Kier molecular flexibility index (Phi) is 4.38. The van der Waals surface area contributed by atoms with Gasteiger partial charge in [0.2, 0.25) is 0 Å². The highest BCUT2D eigenvalue weighted by atomic mass is 16.5. The van der Waals surface area contributed by atoms with Gasteiger partial charge in [0.25, 0.3) is 11.8 Å². The van der Waals surface area contributed by atoms with E-state index in [-0.39, 0.29) is 18.4 Å². The second-order valence-electron chi connectivity index (χ2n) is 6.24. The molecule has 0 saturated carbocycles. The van der Waals surface area contributed by atoms with Crippen molar-refractivity contribution in [2.24, 2.45) is 0 Å². The van der Waals surface area contributed by atoms with E-state index in [0.717, 1.165) is 5.69 Å². The lowest BCUT2D eigenvalue weighted by Crippen LogP contribution is -2.50. The fourth-order valence-corrected chi connectivity index (χ4v) is 3.19. The number of para-hydroxylation sites is 2. The molecule has 2 aromatic carbocycles. The van der Waals surface area contributed by atoms with Crippen molar-refractivity contribution < 1.29 is 14.3 Å². The maximum Gasteiger partial charge on any atom is 0.262 e. The number of ether oxygens (including phenoxy) is 1. The highest BCUT2D eigenvalue weighted by molar-refractivity contribution is 6.08. The van der Waals surface area contributed by atoms with E-state index in [2.05, 4.69) is 5.32 Å². The molecule has 3 aromatic rings. The predicted molar refractivity (Wildman–Crippen MR) is 102 cm³/mol. The van der Waals surface area contributed by atoms with Crippen molar-refractivity contribution in [3.05, 3.63) is 78.6 Å². The first kappa shape index (κ1) is 16.9. The largest absolute Gasteiger partial charge is 0.477 e. The molecular weight excluding hydrogens is 342 g/mol. The van der Waals surface area contributed by atoms with Gasteiger partial charge >= 0.3 is 0 Å². The van der Waals surface area contributed by atoms with Gasteiger partial charge in [0.15, 0.2) is 6.10 Å². The summed E-state index contributed by atoms with van der Waals surface area (Å²) >= 11 is 0. The third kappa shape index (κ3) is 3.17. The summed E-state index contributed by atoms with van der Waals surface area (Å²) in [5.41, 5.74) is 2.11. The van der Waals surface area contributed by atoms with Crippen molar-refractivity contribution in [1.82, 2.24) is 9.88 Å². The van der Waals surface area contributed by atoms with Gasteiger partial charge in [0.05, 0.1) is 12.2 Å². The molecule has 0 saturated heterocycles. The number of nitrogens with one attached hydrogen (secondary N) is 1. The van der Waals surface area contributed by atoms with Gasteiger partial charge in [-0.2, -0.15) is 0 Å². The van der Waals surface area contributed by atoms with Crippen LogP contribution in [0, 0.1) is 0 Å². The first-order valence-corrected chi connectivity index (χ1v) is 8.70. The first-order chi connectivity index (χ1) is 13.2. The molecule has 1 aliphatic rings. The highest BCUT2D eigenvalue weighted by Gasteiger charge is 2.33. The summed E-state index contributed by atoms with van der Waals surface area (Å²) in [6, 6.07) is 18.5. The summed E-state index contributed by atoms with van der Waals surface area (Å²) in [5, 5.41) is 2.59. The molecule has 2 heterocycles. The van der Waals surface area contributed by atoms with E-state index in [1.54, 1.807) is 24.1 Å². The maximum absolute atomic E-state index is 13.3. The predicted octanol–water partition coefficient (Wildman–Crippen LogP) is 2.63. The monoisotopic (exact) mass is 361 g/mol. The Morgan fingerprint density at radius 2 is 1.81 bits per heavy atom. The summed E-state index contributed by atoms with van der Waals surface area (Å²) in [4.78, 5) is 27.0. The number of anilines is 1. The number of aromatic nitrogens is 1. The van der Waals surface area contributed by atoms with Crippen molar-refractivity contribution in [1.29, 1.82) is 0 Å². The average Bonchev–Trinajstić information content (AvgIpc) is 3.27. The molecule has 136 valence electrons. The number of likely N-dealkylation sites (N-methyl/N-ethyl adjacent to an activating group) is 1. The molecule has 6 heteroatoms. The Bertz CT molecular complexity index is 982. The van der Waals surface area contributed by atoms with Crippen LogP contribution in [-0.4, -0.2) is 36.1 Å². The Labute approximate surface area is 157 Å². The number of hydrogen-bond acceptors (Lipinski definition) is 3. The second kappa shape index (κ2) is 6.99. The van der Waals surface area contributed by atoms with Crippen molar-refractivity contribution >= 4 is 17.5 Å². The molecule has 0 fully saturated rings. The van der Waals surface area contributed by atoms with Crippen LogP contribution in [0.3, 0.4) is 0 Å². The number of hydrogen-bond donors (Lipinski definition) is 1. The summed E-state index contributed by atoms with van der Waals surface area (Å²) in [5.74, 6) is 0.0873. The van der Waals surface area contributed by atoms with Crippen LogP contribution in [0.4, 0.5) is 5.69 Å². The lowest BCUT2D eigenvalue weighted by molar-refractivity contribution is -0.127. The number of fused-ring (bicyclic) bond motifs is 1. The first-order valence-electron chi connectivity index (χ1n) is 8.70. The molecular formula is C21H19N3O3. The van der Waals surface area contributed by atoms with Crippen molar-refractivity contribution in [3.63, 3.8) is 0 Å². The van der Waals surface area contributed by atoms with E-state index in [9.17, 15) is 9.59 Å². The van der Waals surface area contributed by atoms with Crippen molar-refractivity contribution in [3.8, 4) is 11.4 Å². The zero-order valence-electron chi connectivity index (χ0n) is 14.8. The highest BCUT2D eigenvalue weighted by Crippen LogP contribution is 2.34. The molecule has 2 amide bonds. The van der Waals surface area contributed by atoms with Crippen LogP contribution in [0.2, 0.25) is 0 Å². The Morgan fingerprint density at radius 1 is 1.04 bits per heavy atom. The summed E-state index contributed by atoms with van der Waals surface area (Å²) in [6.07, 6.45) is 3.10. The standard InChI is InChI=1S/C21H19N3O3/c1-22-20(25)19-14-24(17-9-2-3-10-18(17)27-19)21(26)15-7-6-8-16(13-15)23-11-4-5-12-23/h2-13,19H,14H2,1H3,(H,22,25)/t19-/m1/s1. The van der Waals surface area contributed by atoms with Gasteiger partial charge in [0.1, 0.15) is 5.75 Å². The van der Waals surface area contributed by atoms with E-state index in [4.69, 9.17) is 4.74 Å². The zero-order chi connectivity index (χ0) is 18.8. The summed E-state index contributed by atoms with van der Waals surface area (Å²) < 4.78 is 7.72. The lowest BCUT2D eigenvalue weighted by atomic mass is 10.1. The minimum atomic E-state index is -0.749. The van der Waals surface area contributed by atoms with E-state index in [1.807, 2.05) is 65.5 Å². The Morgan fingerprint density at radius 3 is 2.59 bits per heavy atom. The van der Waals surface area contributed by atoms with Crippen LogP contribution in [0.25, 0.3) is 5.69 Å². The van der Waals surface area contributed by atoms with E-state index in [0.29, 0.717) is 17.0 Å². The van der Waals surface area contributed by atoms with Crippen LogP contribution in [0.5, 0.6) is 5.75 Å². The fraction of sp³-hybridized carbons (Fsp3) is 0.143. The van der Waals surface area contributed by atoms with Crippen LogP contribution < -0.4 is 15.0 Å². The average molecular weight is 361 g/mol. The van der Waals surface area contributed by atoms with Crippen molar-refractivity contribution in [2.75, 3.05) is 18.5 Å². The zero-order valence-corrected chi connectivity index (χ0v) is 14.8. The Balaban J connectivity index is 1.70. The van der Waals surface area contributed by atoms with Gasteiger partial charge in [-0.05, 0) is 42.5 Å². The molecule has 0 spiro atoms. The molecule has 27 heavy (non-hydrogen) atoms. The minimum Gasteiger partial charge on any atom is -0.477 e. The van der Waals surface area contributed by atoms with Crippen LogP contribution in [0.1, 0.15) is 10.4 Å². The SMILES string of the molecule is CNC(=O)[C@H]1CN(C(=O)c2cccc(-n3cccc3)c2)c2ccccc2O1. The van der Waals surface area contributed by atoms with E-state index in [1.165, 1.54) is 0 Å². The van der Waals surface area contributed by atoms with Gasteiger partial charge in [0, 0.05) is 30.7 Å². The molecule has 1 N–H and O–H groups in total. The van der Waals surface area contributed by atoms with Gasteiger partial charge < -0.3 is 19.5 Å².